The van der Waals surface area contributed by atoms with Crippen LogP contribution in [0.5, 0.6) is 0 Å². The van der Waals surface area contributed by atoms with Gasteiger partial charge in [-0.25, -0.2) is 4.79 Å². The number of allylic oxidation sites excluding steroid dienone is 10. The number of carbonyl (C=O) groups excluding carboxylic acids is 2. The number of nitrogens with one attached hydrogen (secondary N) is 1. The Hall–Kier alpha value is -2.93. The summed E-state index contributed by atoms with van der Waals surface area (Å²) in [6.07, 6.45) is 38.5. The summed E-state index contributed by atoms with van der Waals surface area (Å²) in [7, 11) is 0. The van der Waals surface area contributed by atoms with E-state index in [1.807, 2.05) is 0 Å². The first kappa shape index (κ1) is 42.1. The molecule has 0 aliphatic carbocycles. The van der Waals surface area contributed by atoms with Gasteiger partial charge in [0.05, 0.1) is 0 Å². The number of carboxylic acids is 1. The van der Waals surface area contributed by atoms with Crippen LogP contribution in [0.3, 0.4) is 0 Å². The fraction of sp³-hybridized carbons (Fsp3) is 0.658. The molecule has 0 saturated carbocycles. The molecule has 7 nitrogen and oxygen atoms in total. The van der Waals surface area contributed by atoms with Crippen LogP contribution in [0.4, 0.5) is 0 Å². The highest BCUT2D eigenvalue weighted by molar-refractivity contribution is 5.83. The summed E-state index contributed by atoms with van der Waals surface area (Å²) in [5.41, 5.74) is 5.46. The number of nitrogens with two attached hydrogens (primary N) is 1. The Morgan fingerprint density at radius 2 is 1.22 bits per heavy atom. The summed E-state index contributed by atoms with van der Waals surface area (Å²) >= 11 is 0. The fourth-order valence-electron chi connectivity index (χ4n) is 4.72. The van der Waals surface area contributed by atoms with Gasteiger partial charge in [-0.3, -0.25) is 9.59 Å². The molecule has 0 aromatic carbocycles. The zero-order chi connectivity index (χ0) is 33.2. The van der Waals surface area contributed by atoms with Gasteiger partial charge in [-0.15, -0.1) is 0 Å². The van der Waals surface area contributed by atoms with Crippen molar-refractivity contribution >= 4 is 17.8 Å². The molecular formula is C38H64N2O5. The minimum Gasteiger partial charge on any atom is -0.480 e. The Kier molecular flexibility index (Phi) is 30.3. The van der Waals surface area contributed by atoms with Gasteiger partial charge in [0.15, 0.2) is 0 Å². The van der Waals surface area contributed by atoms with E-state index in [4.69, 9.17) is 10.5 Å². The first-order valence-corrected chi connectivity index (χ1v) is 17.6. The van der Waals surface area contributed by atoms with Crippen LogP contribution in [0.25, 0.3) is 0 Å². The van der Waals surface area contributed by atoms with Crippen LogP contribution >= 0.6 is 0 Å². The van der Waals surface area contributed by atoms with Crippen LogP contribution in [-0.2, 0) is 19.1 Å². The lowest BCUT2D eigenvalue weighted by atomic mass is 10.0. The monoisotopic (exact) mass is 628 g/mol. The average molecular weight is 629 g/mol. The summed E-state index contributed by atoms with van der Waals surface area (Å²) < 4.78 is 5.86. The summed E-state index contributed by atoms with van der Waals surface area (Å²) in [6.45, 7) is 4.72. The molecule has 0 rings (SSSR count). The molecular weight excluding hydrogens is 564 g/mol. The van der Waals surface area contributed by atoms with Crippen molar-refractivity contribution in [3.63, 3.8) is 0 Å². The number of hydrogen-bond acceptors (Lipinski definition) is 5. The molecule has 0 aliphatic heterocycles. The van der Waals surface area contributed by atoms with Crippen LogP contribution in [-0.4, -0.2) is 41.6 Å². The normalized spacial score (nSPS) is 13.5. The van der Waals surface area contributed by atoms with Crippen LogP contribution in [0.15, 0.2) is 60.8 Å². The number of unbranched alkanes of at least 4 members (excludes halogenated alkanes) is 6. The lowest BCUT2D eigenvalue weighted by Gasteiger charge is -2.18. The van der Waals surface area contributed by atoms with Crippen molar-refractivity contribution in [2.24, 2.45) is 5.73 Å². The molecule has 7 heteroatoms. The van der Waals surface area contributed by atoms with Crippen molar-refractivity contribution < 1.29 is 24.2 Å². The maximum Gasteiger partial charge on any atom is 0.326 e. The molecule has 2 unspecified atom stereocenters. The largest absolute Gasteiger partial charge is 0.480 e. The zero-order valence-corrected chi connectivity index (χ0v) is 28.4. The van der Waals surface area contributed by atoms with E-state index in [-0.39, 0.29) is 18.0 Å². The van der Waals surface area contributed by atoms with Crippen molar-refractivity contribution in [1.82, 2.24) is 5.32 Å². The van der Waals surface area contributed by atoms with E-state index >= 15 is 0 Å². The molecule has 45 heavy (non-hydrogen) atoms. The van der Waals surface area contributed by atoms with Gasteiger partial charge >= 0.3 is 11.9 Å². The average Bonchev–Trinajstić information content (AvgIpc) is 3.02. The van der Waals surface area contributed by atoms with Crippen molar-refractivity contribution in [3.05, 3.63) is 60.8 Å². The van der Waals surface area contributed by atoms with Crippen molar-refractivity contribution in [1.29, 1.82) is 0 Å². The summed E-state index contributed by atoms with van der Waals surface area (Å²) in [5, 5.41) is 11.9. The number of carbonyl (C=O) groups is 3. The Morgan fingerprint density at radius 1 is 0.667 bits per heavy atom. The first-order chi connectivity index (χ1) is 21.9. The number of rotatable bonds is 30. The second-order valence-electron chi connectivity index (χ2n) is 11.6. The van der Waals surface area contributed by atoms with E-state index in [1.54, 1.807) is 0 Å². The van der Waals surface area contributed by atoms with Crippen LogP contribution in [0.2, 0.25) is 0 Å². The Bertz CT molecular complexity index is 891. The van der Waals surface area contributed by atoms with Crippen LogP contribution < -0.4 is 11.1 Å². The maximum atomic E-state index is 12.5. The van der Waals surface area contributed by atoms with E-state index in [0.717, 1.165) is 89.9 Å². The van der Waals surface area contributed by atoms with Gasteiger partial charge in [-0.1, -0.05) is 100 Å². The highest BCUT2D eigenvalue weighted by Crippen LogP contribution is 2.17. The second kappa shape index (κ2) is 32.5. The van der Waals surface area contributed by atoms with E-state index in [0.29, 0.717) is 38.6 Å². The van der Waals surface area contributed by atoms with Gasteiger partial charge in [0.1, 0.15) is 12.1 Å². The van der Waals surface area contributed by atoms with E-state index in [9.17, 15) is 19.5 Å². The van der Waals surface area contributed by atoms with E-state index in [1.165, 1.54) is 6.42 Å². The van der Waals surface area contributed by atoms with Gasteiger partial charge in [0.25, 0.3) is 0 Å². The van der Waals surface area contributed by atoms with Crippen LogP contribution in [0.1, 0.15) is 142 Å². The molecule has 1 amide bonds. The Balaban J connectivity index is 4.22. The summed E-state index contributed by atoms with van der Waals surface area (Å²) in [5.74, 6) is -1.39. The number of hydrogen-bond donors (Lipinski definition) is 3. The van der Waals surface area contributed by atoms with E-state index in [2.05, 4.69) is 79.9 Å². The van der Waals surface area contributed by atoms with Crippen molar-refractivity contribution in [3.8, 4) is 0 Å². The quantitative estimate of drug-likeness (QED) is 0.0415. The number of carboxylic acid groups (broad SMARTS) is 1. The minimum atomic E-state index is -1.03. The molecule has 0 heterocycles. The lowest BCUT2D eigenvalue weighted by molar-refractivity contribution is -0.150. The number of esters is 1. The van der Waals surface area contributed by atoms with Crippen molar-refractivity contribution in [2.75, 3.05) is 6.54 Å². The molecule has 0 aliphatic rings. The lowest BCUT2D eigenvalue weighted by Crippen LogP contribution is -2.40. The van der Waals surface area contributed by atoms with Crippen molar-refractivity contribution in [2.45, 2.75) is 154 Å². The molecule has 0 bridgehead atoms. The molecule has 0 saturated heterocycles. The first-order valence-electron chi connectivity index (χ1n) is 17.6. The molecule has 0 spiro atoms. The van der Waals surface area contributed by atoms with Gasteiger partial charge in [-0.2, -0.15) is 0 Å². The number of ether oxygens (including phenoxy) is 1. The third kappa shape index (κ3) is 29.5. The predicted molar refractivity (Wildman–Crippen MR) is 188 cm³/mol. The van der Waals surface area contributed by atoms with Gasteiger partial charge in [0.2, 0.25) is 5.91 Å². The maximum absolute atomic E-state index is 12.5. The molecule has 0 fully saturated rings. The molecule has 0 aromatic heterocycles. The minimum absolute atomic E-state index is 0.0791. The molecule has 0 radical (unpaired) electrons. The number of amides is 1. The molecule has 2 atom stereocenters. The highest BCUT2D eigenvalue weighted by atomic mass is 16.5. The van der Waals surface area contributed by atoms with Gasteiger partial charge in [0, 0.05) is 12.8 Å². The zero-order valence-electron chi connectivity index (χ0n) is 28.4. The highest BCUT2D eigenvalue weighted by Gasteiger charge is 2.19. The summed E-state index contributed by atoms with van der Waals surface area (Å²) in [4.78, 5) is 36.0. The third-order valence-electron chi connectivity index (χ3n) is 7.35. The molecule has 256 valence electrons. The SMILES string of the molecule is CC/C=C\C/C=C\C/C=C\C/C=C\C/C=C\CCCC(=O)OC(CCCCCC)CCCCCC(=O)NC(CCCN)C(=O)O. The molecule has 0 aromatic rings. The Labute approximate surface area is 274 Å². The fourth-order valence-corrected chi connectivity index (χ4v) is 4.72. The van der Waals surface area contributed by atoms with E-state index < -0.39 is 12.0 Å². The topological polar surface area (TPSA) is 119 Å². The third-order valence-corrected chi connectivity index (χ3v) is 7.35. The summed E-state index contributed by atoms with van der Waals surface area (Å²) in [6, 6.07) is -0.881. The second-order valence-corrected chi connectivity index (χ2v) is 11.6. The van der Waals surface area contributed by atoms with Gasteiger partial charge in [-0.05, 0) is 96.4 Å². The smallest absolute Gasteiger partial charge is 0.326 e. The Morgan fingerprint density at radius 3 is 1.76 bits per heavy atom. The predicted octanol–water partition coefficient (Wildman–Crippen LogP) is 9.05. The number of aliphatic carboxylic acids is 1. The standard InChI is InChI=1S/C38H64N2O5/c1-3-5-7-9-10-11-12-13-14-15-16-17-18-19-20-21-26-32-37(42)45-34(28-23-8-6-4-2)29-24-22-25-31-36(41)40-35(38(43)44)30-27-33-39/h5,7,10-11,13-14,16-17,19-20,34-35H,3-4,6,8-9,12,15,18,21-33,39H2,1-2H3,(H,40,41)(H,43,44)/b7-5-,11-10-,14-13-,17-16-,20-19-. The molecule has 4 N–H and O–H groups in total. The van der Waals surface area contributed by atoms with Crippen LogP contribution in [0, 0.1) is 0 Å². The van der Waals surface area contributed by atoms with Gasteiger partial charge < -0.3 is 20.9 Å².